The van der Waals surface area contributed by atoms with Crippen molar-refractivity contribution in [3.63, 3.8) is 0 Å². The molecule has 0 radical (unpaired) electrons. The molecule has 1 N–H and O–H groups in total. The van der Waals surface area contributed by atoms with Crippen LogP contribution in [0.3, 0.4) is 0 Å². The van der Waals surface area contributed by atoms with E-state index in [1.54, 1.807) is 16.9 Å². The van der Waals surface area contributed by atoms with Crippen LogP contribution in [0.15, 0.2) is 60.9 Å². The summed E-state index contributed by atoms with van der Waals surface area (Å²) in [7, 11) is 0. The molecular weight excluding hydrogens is 399 g/mol. The molecule has 0 aliphatic heterocycles. The van der Waals surface area contributed by atoms with Crippen LogP contribution in [-0.4, -0.2) is 38.7 Å². The number of carbonyl (C=O) groups excluding carboxylic acids is 1. The van der Waals surface area contributed by atoms with E-state index in [0.29, 0.717) is 17.8 Å². The Morgan fingerprint density at radius 1 is 1.17 bits per heavy atom. The van der Waals surface area contributed by atoms with E-state index >= 15 is 0 Å². The molecule has 2 aromatic heterocycles. The lowest BCUT2D eigenvalue weighted by molar-refractivity contribution is -0.154. The summed E-state index contributed by atoms with van der Waals surface area (Å²) in [5, 5.41) is 10.5. The lowest BCUT2D eigenvalue weighted by Gasteiger charge is -2.12. The minimum absolute atomic E-state index is 0.0368. The molecule has 0 atom stereocenters. The highest BCUT2D eigenvalue weighted by Crippen LogP contribution is 2.19. The summed E-state index contributed by atoms with van der Waals surface area (Å²) in [6.07, 6.45) is 1.30. The van der Waals surface area contributed by atoms with Gasteiger partial charge in [0.05, 0.1) is 12.7 Å². The summed E-state index contributed by atoms with van der Waals surface area (Å²) in [5.74, 6) is -0.624. The molecule has 1 amide bonds. The van der Waals surface area contributed by atoms with E-state index in [4.69, 9.17) is 0 Å². The number of hydrogen-bond acceptors (Lipinski definition) is 5. The molecule has 30 heavy (non-hydrogen) atoms. The number of amides is 1. The second kappa shape index (κ2) is 9.68. The third-order valence-electron chi connectivity index (χ3n) is 3.82. The highest BCUT2D eigenvalue weighted by atomic mass is 19.4. The third-order valence-corrected chi connectivity index (χ3v) is 3.82. The number of alkyl halides is 3. The quantitative estimate of drug-likeness (QED) is 0.570. The van der Waals surface area contributed by atoms with Crippen LogP contribution in [0.4, 0.5) is 13.2 Å². The first-order valence-electron chi connectivity index (χ1n) is 8.92. The molecule has 3 aromatic rings. The zero-order valence-corrected chi connectivity index (χ0v) is 15.7. The standard InChI is InChI=1S/C20H18F3N5O2/c21-20(22,23)14-30-19-16(7-4-10-24-19)11-25-18(29)9-8-17-13-28(27-26-17)12-15-5-2-1-3-6-15/h1-10,13H,11-12,14H2,(H,25,29)/b9-8+. The van der Waals surface area contributed by atoms with Crippen molar-refractivity contribution in [1.82, 2.24) is 25.3 Å². The molecule has 0 saturated heterocycles. The molecule has 0 saturated carbocycles. The van der Waals surface area contributed by atoms with Crippen LogP contribution in [0, 0.1) is 0 Å². The highest BCUT2D eigenvalue weighted by molar-refractivity contribution is 5.91. The third kappa shape index (κ3) is 6.73. The van der Waals surface area contributed by atoms with Crippen molar-refractivity contribution < 1.29 is 22.7 Å². The molecule has 0 unspecified atom stereocenters. The van der Waals surface area contributed by atoms with Gasteiger partial charge in [-0.05, 0) is 17.7 Å². The molecule has 7 nitrogen and oxygen atoms in total. The van der Waals surface area contributed by atoms with E-state index in [0.717, 1.165) is 5.56 Å². The number of benzene rings is 1. The second-order valence-corrected chi connectivity index (χ2v) is 6.25. The first kappa shape index (κ1) is 21.0. The minimum Gasteiger partial charge on any atom is -0.468 e. The number of aromatic nitrogens is 4. The fourth-order valence-electron chi connectivity index (χ4n) is 2.48. The summed E-state index contributed by atoms with van der Waals surface area (Å²) in [6.45, 7) is -0.940. The Morgan fingerprint density at radius 2 is 1.97 bits per heavy atom. The van der Waals surface area contributed by atoms with E-state index in [9.17, 15) is 18.0 Å². The van der Waals surface area contributed by atoms with E-state index < -0.39 is 18.7 Å². The molecule has 3 rings (SSSR count). The van der Waals surface area contributed by atoms with Gasteiger partial charge in [-0.1, -0.05) is 41.6 Å². The first-order valence-corrected chi connectivity index (χ1v) is 8.92. The number of pyridine rings is 1. The summed E-state index contributed by atoms with van der Waals surface area (Å²) < 4.78 is 43.3. The molecule has 156 valence electrons. The van der Waals surface area contributed by atoms with Crippen LogP contribution in [-0.2, 0) is 17.9 Å². The summed E-state index contributed by atoms with van der Waals surface area (Å²) in [4.78, 5) is 15.8. The van der Waals surface area contributed by atoms with Crippen molar-refractivity contribution >= 4 is 12.0 Å². The molecule has 0 aliphatic carbocycles. The van der Waals surface area contributed by atoms with Crippen LogP contribution in [0.1, 0.15) is 16.8 Å². The van der Waals surface area contributed by atoms with Crippen molar-refractivity contribution in [2.75, 3.05) is 6.61 Å². The number of rotatable bonds is 8. The van der Waals surface area contributed by atoms with Gasteiger partial charge in [0.15, 0.2) is 6.61 Å². The molecule has 0 fully saturated rings. The van der Waals surface area contributed by atoms with Gasteiger partial charge in [-0.2, -0.15) is 13.2 Å². The van der Waals surface area contributed by atoms with Crippen LogP contribution < -0.4 is 10.1 Å². The van der Waals surface area contributed by atoms with Gasteiger partial charge in [-0.25, -0.2) is 9.67 Å². The monoisotopic (exact) mass is 417 g/mol. The fourth-order valence-corrected chi connectivity index (χ4v) is 2.48. The maximum Gasteiger partial charge on any atom is 0.422 e. The van der Waals surface area contributed by atoms with Crippen molar-refractivity contribution in [2.45, 2.75) is 19.3 Å². The van der Waals surface area contributed by atoms with Crippen molar-refractivity contribution in [3.05, 3.63) is 77.8 Å². The Kier molecular flexibility index (Phi) is 6.79. The first-order chi connectivity index (χ1) is 14.4. The van der Waals surface area contributed by atoms with Crippen molar-refractivity contribution in [3.8, 4) is 5.88 Å². The van der Waals surface area contributed by atoms with Gasteiger partial charge < -0.3 is 10.1 Å². The maximum atomic E-state index is 12.3. The van der Waals surface area contributed by atoms with Gasteiger partial charge in [0.1, 0.15) is 5.69 Å². The van der Waals surface area contributed by atoms with Gasteiger partial charge in [-0.15, -0.1) is 5.10 Å². The predicted molar refractivity (Wildman–Crippen MR) is 102 cm³/mol. The Morgan fingerprint density at radius 3 is 2.73 bits per heavy atom. The zero-order chi connectivity index (χ0) is 21.4. The maximum absolute atomic E-state index is 12.3. The van der Waals surface area contributed by atoms with Gasteiger partial charge in [0.25, 0.3) is 0 Å². The summed E-state index contributed by atoms with van der Waals surface area (Å²) in [6, 6.07) is 12.8. The highest BCUT2D eigenvalue weighted by Gasteiger charge is 2.29. The van der Waals surface area contributed by atoms with Gasteiger partial charge in [0, 0.05) is 24.4 Å². The zero-order valence-electron chi connectivity index (χ0n) is 15.7. The van der Waals surface area contributed by atoms with Crippen LogP contribution >= 0.6 is 0 Å². The number of nitrogens with zero attached hydrogens (tertiary/aromatic N) is 4. The van der Waals surface area contributed by atoms with Crippen LogP contribution in [0.2, 0.25) is 0 Å². The van der Waals surface area contributed by atoms with E-state index in [1.165, 1.54) is 24.4 Å². The Balaban J connectivity index is 1.52. The van der Waals surface area contributed by atoms with Gasteiger partial charge in [-0.3, -0.25) is 4.79 Å². The molecule has 10 heteroatoms. The Hall–Kier alpha value is -3.69. The summed E-state index contributed by atoms with van der Waals surface area (Å²) >= 11 is 0. The number of halogens is 3. The van der Waals surface area contributed by atoms with E-state index in [2.05, 4.69) is 25.3 Å². The molecule has 0 aliphatic rings. The predicted octanol–water partition coefficient (Wildman–Crippen LogP) is 2.99. The molecule has 1 aromatic carbocycles. The average Bonchev–Trinajstić information content (AvgIpc) is 3.17. The van der Waals surface area contributed by atoms with Crippen LogP contribution in [0.5, 0.6) is 5.88 Å². The smallest absolute Gasteiger partial charge is 0.422 e. The molecule has 0 spiro atoms. The number of carbonyl (C=O) groups is 1. The Labute approximate surface area is 170 Å². The second-order valence-electron chi connectivity index (χ2n) is 6.25. The lowest BCUT2D eigenvalue weighted by atomic mass is 10.2. The SMILES string of the molecule is O=C(/C=C/c1cn(Cc2ccccc2)nn1)NCc1cccnc1OCC(F)(F)F. The molecular formula is C20H18F3N5O2. The Bertz CT molecular complexity index is 1000. The lowest BCUT2D eigenvalue weighted by Crippen LogP contribution is -2.23. The molecule has 0 bridgehead atoms. The fraction of sp³-hybridized carbons (Fsp3) is 0.200. The van der Waals surface area contributed by atoms with Gasteiger partial charge in [0.2, 0.25) is 11.8 Å². The average molecular weight is 417 g/mol. The topological polar surface area (TPSA) is 81.9 Å². The van der Waals surface area contributed by atoms with Crippen molar-refractivity contribution in [1.29, 1.82) is 0 Å². The molecule has 2 heterocycles. The van der Waals surface area contributed by atoms with Gasteiger partial charge >= 0.3 is 6.18 Å². The summed E-state index contributed by atoms with van der Waals surface area (Å²) in [5.41, 5.74) is 1.89. The van der Waals surface area contributed by atoms with E-state index in [-0.39, 0.29) is 12.4 Å². The van der Waals surface area contributed by atoms with Crippen LogP contribution in [0.25, 0.3) is 6.08 Å². The number of ether oxygens (including phenoxy) is 1. The largest absolute Gasteiger partial charge is 0.468 e. The number of hydrogen-bond donors (Lipinski definition) is 1. The van der Waals surface area contributed by atoms with E-state index in [1.807, 2.05) is 30.3 Å². The normalized spacial score (nSPS) is 11.6. The van der Waals surface area contributed by atoms with Crippen molar-refractivity contribution in [2.24, 2.45) is 0 Å². The minimum atomic E-state index is -4.47. The number of nitrogens with one attached hydrogen (secondary N) is 1.